The second-order valence-electron chi connectivity index (χ2n) is 15.5. The third-order valence-corrected chi connectivity index (χ3v) is 12.4. The lowest BCUT2D eigenvalue weighted by Crippen LogP contribution is -2.70. The van der Waals surface area contributed by atoms with Crippen LogP contribution in [0.3, 0.4) is 0 Å². The minimum atomic E-state index is -2.07. The molecule has 3 saturated carbocycles. The summed E-state index contributed by atoms with van der Waals surface area (Å²) in [6.45, 7) is 11.1. The van der Waals surface area contributed by atoms with Crippen molar-refractivity contribution in [2.24, 2.45) is 28.6 Å². The van der Waals surface area contributed by atoms with Gasteiger partial charge in [0, 0.05) is 41.9 Å². The first kappa shape index (κ1) is 39.0. The Labute approximate surface area is 292 Å². The molecule has 3 fully saturated rings. The lowest BCUT2D eigenvalue weighted by Gasteiger charge is -2.63. The van der Waals surface area contributed by atoms with E-state index >= 15 is 4.39 Å². The number of allylic oxidation sites excluding steroid dienone is 4. The summed E-state index contributed by atoms with van der Waals surface area (Å²) in [5, 5.41) is 0. The van der Waals surface area contributed by atoms with Crippen molar-refractivity contribution < 1.29 is 42.6 Å². The first-order chi connectivity index (χ1) is 23.2. The molecule has 0 N–H and O–H groups in total. The zero-order chi connectivity index (χ0) is 36.0. The van der Waals surface area contributed by atoms with Crippen molar-refractivity contribution in [1.82, 2.24) is 0 Å². The molecule has 0 spiro atoms. The molecule has 0 radical (unpaired) electrons. The van der Waals surface area contributed by atoms with E-state index in [1.54, 1.807) is 13.0 Å². The smallest absolute Gasteiger partial charge is 0.306 e. The zero-order valence-corrected chi connectivity index (χ0v) is 30.7. The van der Waals surface area contributed by atoms with Crippen LogP contribution in [0.2, 0.25) is 0 Å². The van der Waals surface area contributed by atoms with Crippen molar-refractivity contribution in [2.45, 2.75) is 162 Å². The summed E-state index contributed by atoms with van der Waals surface area (Å²) in [5.41, 5.74) is -5.44. The number of esters is 3. The lowest BCUT2D eigenvalue weighted by molar-refractivity contribution is -0.236. The Kier molecular flexibility index (Phi) is 12.7. The number of rotatable bonds is 17. The van der Waals surface area contributed by atoms with Gasteiger partial charge in [-0.25, -0.2) is 4.39 Å². The van der Waals surface area contributed by atoms with Crippen LogP contribution in [0, 0.1) is 28.6 Å². The van der Waals surface area contributed by atoms with Gasteiger partial charge in [-0.05, 0) is 69.9 Å². The van der Waals surface area contributed by atoms with E-state index in [2.05, 4.69) is 0 Å². The molecule has 8 unspecified atom stereocenters. The van der Waals surface area contributed by atoms with Crippen LogP contribution in [-0.2, 0) is 38.2 Å². The van der Waals surface area contributed by atoms with Crippen molar-refractivity contribution in [3.63, 3.8) is 0 Å². The molecule has 0 aromatic heterocycles. The van der Waals surface area contributed by atoms with Gasteiger partial charge in [-0.1, -0.05) is 84.8 Å². The molecule has 4 aliphatic carbocycles. The third kappa shape index (κ3) is 7.19. The maximum absolute atomic E-state index is 18.6. The van der Waals surface area contributed by atoms with Crippen molar-refractivity contribution in [3.8, 4) is 0 Å². The lowest BCUT2D eigenvalue weighted by atomic mass is 9.44. The minimum Gasteiger partial charge on any atom is -0.459 e. The van der Waals surface area contributed by atoms with Crippen LogP contribution in [0.1, 0.15) is 144 Å². The van der Waals surface area contributed by atoms with Gasteiger partial charge >= 0.3 is 17.9 Å². The number of fused-ring (bicyclic) bond motifs is 5. The van der Waals surface area contributed by atoms with Crippen LogP contribution in [0.15, 0.2) is 23.8 Å². The number of hydrogen-bond acceptors (Lipinski definition) is 8. The van der Waals surface area contributed by atoms with Crippen molar-refractivity contribution in [1.29, 1.82) is 0 Å². The highest BCUT2D eigenvalue weighted by Gasteiger charge is 2.78. The standard InChI is InChI=1S/C40H59FO8/c1-7-10-13-16-34(44)47-26-32(43)40(49-36(46)18-15-12-9-3)27(4)23-31-30-20-19-28-24-29(42)21-22-37(28,5)39(30,41)33(25-38(31,40)6)48-35(45)17-14-11-8-2/h21-22,24,27,30-31,33H,7-20,23,25-26H2,1-6H3. The van der Waals surface area contributed by atoms with Gasteiger partial charge in [-0.15, -0.1) is 0 Å². The first-order valence-corrected chi connectivity index (χ1v) is 19.0. The fourth-order valence-corrected chi connectivity index (χ4v) is 9.82. The van der Waals surface area contributed by atoms with Crippen LogP contribution >= 0.6 is 0 Å². The fraction of sp³-hybridized carbons (Fsp3) is 0.775. The number of Topliss-reactive ketones (excluding diaryl/α,β-unsaturated/α-hetero) is 1. The van der Waals surface area contributed by atoms with E-state index in [1.807, 2.05) is 34.6 Å². The molecular weight excluding hydrogens is 627 g/mol. The molecule has 49 heavy (non-hydrogen) atoms. The zero-order valence-electron chi connectivity index (χ0n) is 30.7. The number of hydrogen-bond donors (Lipinski definition) is 0. The van der Waals surface area contributed by atoms with E-state index in [1.165, 1.54) is 12.2 Å². The molecule has 0 aromatic carbocycles. The van der Waals surface area contributed by atoms with Gasteiger partial charge < -0.3 is 14.2 Å². The quantitative estimate of drug-likeness (QED) is 0.0854. The molecule has 0 aliphatic heterocycles. The summed E-state index contributed by atoms with van der Waals surface area (Å²) >= 11 is 0. The number of ether oxygens (including phenoxy) is 3. The number of ketones is 2. The average molecular weight is 687 g/mol. The van der Waals surface area contributed by atoms with Gasteiger partial charge in [0.25, 0.3) is 0 Å². The minimum absolute atomic E-state index is 0.0579. The molecule has 0 bridgehead atoms. The molecule has 4 rings (SSSR count). The molecule has 0 heterocycles. The van der Waals surface area contributed by atoms with Gasteiger partial charge in [0.15, 0.2) is 23.7 Å². The Morgan fingerprint density at radius 3 is 2.06 bits per heavy atom. The summed E-state index contributed by atoms with van der Waals surface area (Å²) in [7, 11) is 0. The molecule has 0 saturated heterocycles. The Balaban J connectivity index is 1.79. The van der Waals surface area contributed by atoms with E-state index < -0.39 is 76.3 Å². The van der Waals surface area contributed by atoms with Gasteiger partial charge in [0.1, 0.15) is 6.10 Å². The molecule has 274 valence electrons. The van der Waals surface area contributed by atoms with Crippen LogP contribution in [0.25, 0.3) is 0 Å². The molecule has 4 aliphatic rings. The average Bonchev–Trinajstić information content (AvgIpc) is 3.27. The van der Waals surface area contributed by atoms with E-state index in [-0.39, 0.29) is 31.5 Å². The van der Waals surface area contributed by atoms with Gasteiger partial charge in [0.2, 0.25) is 5.78 Å². The number of unbranched alkanes of at least 4 members (excludes halogenated alkanes) is 6. The van der Waals surface area contributed by atoms with E-state index in [0.717, 1.165) is 38.5 Å². The van der Waals surface area contributed by atoms with Crippen LogP contribution < -0.4 is 0 Å². The summed E-state index contributed by atoms with van der Waals surface area (Å²) < 4.78 is 36.7. The van der Waals surface area contributed by atoms with E-state index in [9.17, 15) is 24.0 Å². The van der Waals surface area contributed by atoms with Crippen molar-refractivity contribution in [2.75, 3.05) is 6.61 Å². The summed E-state index contributed by atoms with van der Waals surface area (Å²) in [6, 6.07) is 0. The summed E-state index contributed by atoms with van der Waals surface area (Å²) in [5.74, 6) is -3.80. The maximum atomic E-state index is 18.6. The van der Waals surface area contributed by atoms with Crippen molar-refractivity contribution >= 4 is 29.5 Å². The Morgan fingerprint density at radius 2 is 1.45 bits per heavy atom. The highest BCUT2D eigenvalue weighted by atomic mass is 19.1. The molecule has 0 amide bonds. The topological polar surface area (TPSA) is 113 Å². The van der Waals surface area contributed by atoms with Crippen molar-refractivity contribution in [3.05, 3.63) is 23.8 Å². The summed E-state index contributed by atoms with van der Waals surface area (Å²) in [4.78, 5) is 66.7. The number of halogens is 1. The second kappa shape index (κ2) is 16.0. The number of carbonyl (C=O) groups is 5. The largest absolute Gasteiger partial charge is 0.459 e. The van der Waals surface area contributed by atoms with Gasteiger partial charge in [-0.3, -0.25) is 24.0 Å². The van der Waals surface area contributed by atoms with E-state index in [0.29, 0.717) is 44.1 Å². The van der Waals surface area contributed by atoms with Crippen LogP contribution in [0.5, 0.6) is 0 Å². The SMILES string of the molecule is CCCCCC(=O)OCC(=O)C1(OC(=O)CCCCC)C(C)CC2C3CCC4=CC(=O)C=CC4(C)C3(F)C(OC(=O)CCCCC)CC21C. The molecule has 8 nitrogen and oxygen atoms in total. The highest BCUT2D eigenvalue weighted by molar-refractivity contribution is 6.01. The Hall–Kier alpha value is -2.84. The first-order valence-electron chi connectivity index (χ1n) is 19.0. The fourth-order valence-electron chi connectivity index (χ4n) is 9.82. The molecule has 8 atom stereocenters. The molecular formula is C40H59FO8. The third-order valence-electron chi connectivity index (χ3n) is 12.4. The van der Waals surface area contributed by atoms with Gasteiger partial charge in [-0.2, -0.15) is 0 Å². The monoisotopic (exact) mass is 686 g/mol. The molecule has 9 heteroatoms. The maximum Gasteiger partial charge on any atom is 0.306 e. The predicted molar refractivity (Wildman–Crippen MR) is 184 cm³/mol. The van der Waals surface area contributed by atoms with E-state index in [4.69, 9.17) is 14.2 Å². The summed E-state index contributed by atoms with van der Waals surface area (Å²) in [6.07, 6.45) is 12.1. The second-order valence-corrected chi connectivity index (χ2v) is 15.5. The molecule has 0 aromatic rings. The normalized spacial score (nSPS) is 34.7. The van der Waals surface area contributed by atoms with Crippen LogP contribution in [0.4, 0.5) is 4.39 Å². The van der Waals surface area contributed by atoms with Crippen LogP contribution in [-0.4, -0.2) is 53.5 Å². The Bertz CT molecular complexity index is 1320. The Morgan fingerprint density at radius 1 is 0.857 bits per heavy atom. The van der Waals surface area contributed by atoms with Gasteiger partial charge in [0.05, 0.1) is 0 Å². The number of carbonyl (C=O) groups excluding carboxylic acids is 5. The number of alkyl halides is 1. The predicted octanol–water partition coefficient (Wildman–Crippen LogP) is 8.29. The highest BCUT2D eigenvalue weighted by Crippen LogP contribution is 2.72.